The van der Waals surface area contributed by atoms with Gasteiger partial charge in [0.15, 0.2) is 0 Å². The number of pyridine rings is 1. The molecule has 1 aliphatic rings. The number of halogens is 1. The molecular formula is C14H21ClN2O. The van der Waals surface area contributed by atoms with Crippen molar-refractivity contribution in [1.82, 2.24) is 10.3 Å². The van der Waals surface area contributed by atoms with Crippen molar-refractivity contribution in [3.63, 3.8) is 0 Å². The minimum absolute atomic E-state index is 0.162. The molecule has 2 unspecified atom stereocenters. The number of aromatic nitrogens is 1. The summed E-state index contributed by atoms with van der Waals surface area (Å²) in [6.45, 7) is 7.15. The molecule has 100 valence electrons. The van der Waals surface area contributed by atoms with Crippen molar-refractivity contribution < 1.29 is 4.74 Å². The zero-order valence-corrected chi connectivity index (χ0v) is 12.2. The zero-order valence-electron chi connectivity index (χ0n) is 11.5. The number of methoxy groups -OCH3 is 1. The van der Waals surface area contributed by atoms with Crippen LogP contribution in [0.2, 0.25) is 0 Å². The summed E-state index contributed by atoms with van der Waals surface area (Å²) in [6, 6.07) is 4.38. The molecule has 0 aliphatic heterocycles. The van der Waals surface area contributed by atoms with E-state index >= 15 is 0 Å². The predicted octanol–water partition coefficient (Wildman–Crippen LogP) is 2.89. The fourth-order valence-electron chi connectivity index (χ4n) is 2.36. The van der Waals surface area contributed by atoms with E-state index in [1.807, 2.05) is 19.1 Å². The number of nitrogens with one attached hydrogen (secondary N) is 1. The van der Waals surface area contributed by atoms with Gasteiger partial charge in [-0.15, -0.1) is 11.6 Å². The molecule has 0 aromatic carbocycles. The fourth-order valence-corrected chi connectivity index (χ4v) is 2.69. The van der Waals surface area contributed by atoms with E-state index in [0.717, 1.165) is 30.1 Å². The highest BCUT2D eigenvalue weighted by Crippen LogP contribution is 2.44. The van der Waals surface area contributed by atoms with Crippen LogP contribution in [0.4, 0.5) is 0 Å². The molecule has 0 saturated heterocycles. The molecule has 18 heavy (non-hydrogen) atoms. The van der Waals surface area contributed by atoms with Crippen molar-refractivity contribution in [2.75, 3.05) is 7.11 Å². The number of alkyl halides is 1. The molecule has 0 radical (unpaired) electrons. The Morgan fingerprint density at radius 1 is 1.50 bits per heavy atom. The highest BCUT2D eigenvalue weighted by atomic mass is 35.5. The van der Waals surface area contributed by atoms with Crippen LogP contribution in [0.15, 0.2) is 12.1 Å². The van der Waals surface area contributed by atoms with Crippen LogP contribution in [0, 0.1) is 12.3 Å². The molecule has 0 spiro atoms. The summed E-state index contributed by atoms with van der Waals surface area (Å²) in [4.78, 5) is 4.50. The number of nitrogens with zero attached hydrogens (tertiary/aromatic N) is 1. The smallest absolute Gasteiger partial charge is 0.122 e. The van der Waals surface area contributed by atoms with E-state index in [9.17, 15) is 0 Å². The molecule has 1 N–H and O–H groups in total. The molecule has 1 saturated carbocycles. The maximum absolute atomic E-state index is 6.21. The van der Waals surface area contributed by atoms with E-state index in [4.69, 9.17) is 16.3 Å². The maximum atomic E-state index is 6.21. The van der Waals surface area contributed by atoms with E-state index in [1.54, 1.807) is 7.11 Å². The molecule has 1 aromatic heterocycles. The molecule has 0 amide bonds. The number of hydrogen-bond acceptors (Lipinski definition) is 3. The lowest BCUT2D eigenvalue weighted by atomic mass is 9.67. The van der Waals surface area contributed by atoms with Gasteiger partial charge in [0.2, 0.25) is 0 Å². The Bertz CT molecular complexity index is 434. The summed E-state index contributed by atoms with van der Waals surface area (Å²) in [6.07, 6.45) is 1.03. The number of aryl methyl sites for hydroxylation is 1. The lowest BCUT2D eigenvalue weighted by molar-refractivity contribution is 0.115. The van der Waals surface area contributed by atoms with Crippen molar-refractivity contribution in [3.8, 4) is 5.75 Å². The summed E-state index contributed by atoms with van der Waals surface area (Å²) in [5, 5.41) is 3.81. The third-order valence-corrected chi connectivity index (χ3v) is 4.63. The second-order valence-electron chi connectivity index (χ2n) is 5.60. The second-order valence-corrected chi connectivity index (χ2v) is 6.12. The molecule has 3 nitrogen and oxygen atoms in total. The van der Waals surface area contributed by atoms with Crippen molar-refractivity contribution in [3.05, 3.63) is 23.5 Å². The zero-order chi connectivity index (χ0) is 13.3. The summed E-state index contributed by atoms with van der Waals surface area (Å²) in [5.41, 5.74) is 2.16. The molecule has 4 heteroatoms. The second kappa shape index (κ2) is 5.06. The van der Waals surface area contributed by atoms with Gasteiger partial charge in [0.25, 0.3) is 0 Å². The van der Waals surface area contributed by atoms with Crippen LogP contribution >= 0.6 is 11.6 Å². The molecule has 0 bridgehead atoms. The van der Waals surface area contributed by atoms with Gasteiger partial charge in [0.1, 0.15) is 5.75 Å². The summed E-state index contributed by atoms with van der Waals surface area (Å²) in [5.74, 6) is 0.863. The first-order valence-corrected chi connectivity index (χ1v) is 6.76. The Morgan fingerprint density at radius 2 is 2.22 bits per heavy atom. The monoisotopic (exact) mass is 268 g/mol. The SMILES string of the molecule is COc1cc(C)nc(CNC2CC(Cl)C2(C)C)c1. The van der Waals surface area contributed by atoms with Gasteiger partial charge in [0.05, 0.1) is 12.8 Å². The Hall–Kier alpha value is -0.800. The van der Waals surface area contributed by atoms with Crippen LogP contribution in [0.25, 0.3) is 0 Å². The van der Waals surface area contributed by atoms with Gasteiger partial charge in [-0.25, -0.2) is 0 Å². The topological polar surface area (TPSA) is 34.1 Å². The molecule has 1 fully saturated rings. The largest absolute Gasteiger partial charge is 0.497 e. The molecule has 2 rings (SSSR count). The van der Waals surface area contributed by atoms with E-state index < -0.39 is 0 Å². The fraction of sp³-hybridized carbons (Fsp3) is 0.643. The van der Waals surface area contributed by atoms with Gasteiger partial charge in [0, 0.05) is 35.8 Å². The van der Waals surface area contributed by atoms with E-state index in [2.05, 4.69) is 24.1 Å². The quantitative estimate of drug-likeness (QED) is 0.853. The maximum Gasteiger partial charge on any atom is 0.122 e. The molecule has 1 aliphatic carbocycles. The molecule has 1 aromatic rings. The lowest BCUT2D eigenvalue weighted by Gasteiger charge is -2.49. The summed E-state index contributed by atoms with van der Waals surface area (Å²) < 4.78 is 5.25. The normalized spacial score (nSPS) is 25.6. The minimum atomic E-state index is 0.162. The van der Waals surface area contributed by atoms with Crippen LogP contribution in [0.3, 0.4) is 0 Å². The molecule has 2 atom stereocenters. The summed E-state index contributed by atoms with van der Waals surface area (Å²) >= 11 is 6.21. The predicted molar refractivity (Wildman–Crippen MR) is 74.2 cm³/mol. The van der Waals surface area contributed by atoms with Gasteiger partial charge >= 0.3 is 0 Å². The average molecular weight is 269 g/mol. The third-order valence-electron chi connectivity index (χ3n) is 3.89. The average Bonchev–Trinajstić information content (AvgIpc) is 2.33. The lowest BCUT2D eigenvalue weighted by Crippen LogP contribution is -2.57. The van der Waals surface area contributed by atoms with Crippen LogP contribution in [0.5, 0.6) is 5.75 Å². The van der Waals surface area contributed by atoms with Gasteiger partial charge in [-0.1, -0.05) is 13.8 Å². The van der Waals surface area contributed by atoms with Crippen molar-refractivity contribution >= 4 is 11.6 Å². The Balaban J connectivity index is 1.97. The number of rotatable bonds is 4. The first kappa shape index (κ1) is 13.6. The van der Waals surface area contributed by atoms with Crippen molar-refractivity contribution in [1.29, 1.82) is 0 Å². The standard InChI is InChI=1S/C14H21ClN2O/c1-9-5-11(18-4)6-10(17-9)8-16-13-7-12(15)14(13,2)3/h5-6,12-13,16H,7-8H2,1-4H3. The highest BCUT2D eigenvalue weighted by molar-refractivity contribution is 6.21. The van der Waals surface area contributed by atoms with Crippen LogP contribution < -0.4 is 10.1 Å². The highest BCUT2D eigenvalue weighted by Gasteiger charge is 2.46. The van der Waals surface area contributed by atoms with Crippen LogP contribution in [-0.2, 0) is 6.54 Å². The Labute approximate surface area is 114 Å². The van der Waals surface area contributed by atoms with Gasteiger partial charge in [-0.3, -0.25) is 4.98 Å². The van der Waals surface area contributed by atoms with Gasteiger partial charge in [-0.05, 0) is 18.8 Å². The molecule has 1 heterocycles. The first-order valence-electron chi connectivity index (χ1n) is 6.32. The van der Waals surface area contributed by atoms with E-state index in [1.165, 1.54) is 0 Å². The van der Waals surface area contributed by atoms with Crippen LogP contribution in [0.1, 0.15) is 31.7 Å². The first-order chi connectivity index (χ1) is 8.43. The summed E-state index contributed by atoms with van der Waals surface area (Å²) in [7, 11) is 1.68. The third kappa shape index (κ3) is 2.62. The number of ether oxygens (including phenoxy) is 1. The Morgan fingerprint density at radius 3 is 2.78 bits per heavy atom. The number of hydrogen-bond donors (Lipinski definition) is 1. The van der Waals surface area contributed by atoms with Crippen molar-refractivity contribution in [2.45, 2.75) is 45.2 Å². The minimum Gasteiger partial charge on any atom is -0.497 e. The molecular weight excluding hydrogens is 248 g/mol. The van der Waals surface area contributed by atoms with E-state index in [-0.39, 0.29) is 10.8 Å². The van der Waals surface area contributed by atoms with E-state index in [0.29, 0.717) is 6.04 Å². The van der Waals surface area contributed by atoms with Crippen LogP contribution in [-0.4, -0.2) is 23.5 Å². The van der Waals surface area contributed by atoms with Gasteiger partial charge in [-0.2, -0.15) is 0 Å². The van der Waals surface area contributed by atoms with Gasteiger partial charge < -0.3 is 10.1 Å². The Kier molecular flexibility index (Phi) is 3.83. The van der Waals surface area contributed by atoms with Crippen molar-refractivity contribution in [2.24, 2.45) is 5.41 Å².